The molecule has 1 N–H and O–H groups in total. The van der Waals surface area contributed by atoms with Gasteiger partial charge in [-0.3, -0.25) is 4.99 Å². The second kappa shape index (κ2) is 15.5. The molecule has 0 spiro atoms. The normalized spacial score (nSPS) is 11.0. The second-order valence-corrected chi connectivity index (χ2v) is 5.95. The van der Waals surface area contributed by atoms with E-state index in [1.165, 1.54) is 0 Å². The number of nitrogens with zero attached hydrogens (tertiary/aromatic N) is 2. The molecule has 0 aliphatic heterocycles. The molecule has 0 saturated heterocycles. The van der Waals surface area contributed by atoms with Gasteiger partial charge in [-0.15, -0.1) is 24.0 Å². The first kappa shape index (κ1) is 24.3. The van der Waals surface area contributed by atoms with E-state index in [2.05, 4.69) is 22.1 Å². The van der Waals surface area contributed by atoms with E-state index in [4.69, 9.17) is 21.1 Å². The number of methoxy groups -OCH3 is 1. The third kappa shape index (κ3) is 11.5. The van der Waals surface area contributed by atoms with Crippen molar-refractivity contribution in [2.75, 3.05) is 47.0 Å². The van der Waals surface area contributed by atoms with Crippen LogP contribution in [0.25, 0.3) is 0 Å². The molecule has 1 aromatic rings. The number of nitrogens with one attached hydrogen (secondary N) is 1. The van der Waals surface area contributed by atoms with E-state index in [1.54, 1.807) is 7.11 Å². The third-order valence-electron chi connectivity index (χ3n) is 3.47. The van der Waals surface area contributed by atoms with Crippen LogP contribution in [0.4, 0.5) is 0 Å². The monoisotopic (exact) mass is 483 g/mol. The number of halogens is 2. The van der Waals surface area contributed by atoms with Crippen LogP contribution in [0.3, 0.4) is 0 Å². The molecule has 1 aromatic carbocycles. The van der Waals surface area contributed by atoms with Gasteiger partial charge in [-0.2, -0.15) is 0 Å². The number of aliphatic imine (C=N–C) groups is 1. The lowest BCUT2D eigenvalue weighted by Crippen LogP contribution is -2.41. The molecule has 7 heteroatoms. The lowest BCUT2D eigenvalue weighted by Gasteiger charge is -2.22. The van der Waals surface area contributed by atoms with Crippen LogP contribution in [0.2, 0.25) is 5.02 Å². The summed E-state index contributed by atoms with van der Waals surface area (Å²) in [5.41, 5.74) is 0. The molecular weight excluding hydrogens is 453 g/mol. The first-order valence-corrected chi connectivity index (χ1v) is 8.92. The van der Waals surface area contributed by atoms with E-state index in [0.29, 0.717) is 11.6 Å². The van der Waals surface area contributed by atoms with Crippen LogP contribution in [0.1, 0.15) is 26.2 Å². The average molecular weight is 484 g/mol. The SMILES string of the molecule is CCNC(=NCCCCCOC)N(C)CCOc1ccc(Cl)cc1.I. The molecular formula is C18H31ClIN3O2. The van der Waals surface area contributed by atoms with Gasteiger partial charge in [0.1, 0.15) is 12.4 Å². The zero-order valence-corrected chi connectivity index (χ0v) is 18.5. The van der Waals surface area contributed by atoms with Gasteiger partial charge >= 0.3 is 0 Å². The fraction of sp³-hybridized carbons (Fsp3) is 0.611. The molecule has 25 heavy (non-hydrogen) atoms. The van der Waals surface area contributed by atoms with Crippen molar-refractivity contribution in [1.29, 1.82) is 0 Å². The molecule has 0 heterocycles. The Bertz CT molecular complexity index is 472. The molecule has 0 atom stereocenters. The lowest BCUT2D eigenvalue weighted by atomic mass is 10.2. The Morgan fingerprint density at radius 1 is 1.16 bits per heavy atom. The maximum absolute atomic E-state index is 5.87. The molecule has 5 nitrogen and oxygen atoms in total. The molecule has 0 radical (unpaired) electrons. The van der Waals surface area contributed by atoms with Crippen molar-refractivity contribution in [1.82, 2.24) is 10.2 Å². The highest BCUT2D eigenvalue weighted by Gasteiger charge is 2.05. The highest BCUT2D eigenvalue weighted by atomic mass is 127. The molecule has 0 aromatic heterocycles. The Kier molecular flexibility index (Phi) is 15.1. The van der Waals surface area contributed by atoms with Crippen LogP contribution in [0.5, 0.6) is 5.75 Å². The third-order valence-corrected chi connectivity index (χ3v) is 3.73. The predicted molar refractivity (Wildman–Crippen MR) is 117 cm³/mol. The Morgan fingerprint density at radius 2 is 1.88 bits per heavy atom. The Hall–Kier alpha value is -0.730. The molecule has 0 unspecified atom stereocenters. The van der Waals surface area contributed by atoms with Crippen LogP contribution >= 0.6 is 35.6 Å². The summed E-state index contributed by atoms with van der Waals surface area (Å²) in [7, 11) is 3.76. The van der Waals surface area contributed by atoms with Crippen LogP contribution in [0, 0.1) is 0 Å². The summed E-state index contributed by atoms with van der Waals surface area (Å²) in [4.78, 5) is 6.76. The van der Waals surface area contributed by atoms with Crippen LogP contribution in [-0.4, -0.2) is 57.9 Å². The summed E-state index contributed by atoms with van der Waals surface area (Å²) >= 11 is 5.87. The van der Waals surface area contributed by atoms with Gasteiger partial charge < -0.3 is 19.7 Å². The number of guanidine groups is 1. The maximum atomic E-state index is 5.87. The first-order chi connectivity index (χ1) is 11.7. The minimum Gasteiger partial charge on any atom is -0.492 e. The van der Waals surface area contributed by atoms with Gasteiger partial charge in [0.05, 0.1) is 6.54 Å². The highest BCUT2D eigenvalue weighted by Crippen LogP contribution is 2.15. The number of benzene rings is 1. The number of likely N-dealkylation sites (N-methyl/N-ethyl adjacent to an activating group) is 1. The van der Waals surface area contributed by atoms with Gasteiger partial charge in [-0.05, 0) is 50.5 Å². The Balaban J connectivity index is 0.00000576. The number of rotatable bonds is 11. The van der Waals surface area contributed by atoms with Crippen molar-refractivity contribution in [2.45, 2.75) is 26.2 Å². The topological polar surface area (TPSA) is 46.1 Å². The Labute approximate surface area is 174 Å². The summed E-state index contributed by atoms with van der Waals surface area (Å²) in [6, 6.07) is 7.41. The summed E-state index contributed by atoms with van der Waals surface area (Å²) < 4.78 is 10.8. The molecule has 0 aliphatic rings. The van der Waals surface area contributed by atoms with E-state index in [1.807, 2.05) is 31.3 Å². The minimum atomic E-state index is 0. The van der Waals surface area contributed by atoms with Crippen molar-refractivity contribution in [3.63, 3.8) is 0 Å². The van der Waals surface area contributed by atoms with Crippen LogP contribution < -0.4 is 10.1 Å². The van der Waals surface area contributed by atoms with E-state index in [9.17, 15) is 0 Å². The number of hydrogen-bond donors (Lipinski definition) is 1. The molecule has 0 amide bonds. The van der Waals surface area contributed by atoms with Crippen molar-refractivity contribution in [2.24, 2.45) is 4.99 Å². The summed E-state index contributed by atoms with van der Waals surface area (Å²) in [6.45, 7) is 5.94. The van der Waals surface area contributed by atoms with Gasteiger partial charge in [0, 0.05) is 38.9 Å². The van der Waals surface area contributed by atoms with Gasteiger partial charge in [-0.1, -0.05) is 11.6 Å². The molecule has 0 fully saturated rings. The molecule has 0 aliphatic carbocycles. The number of hydrogen-bond acceptors (Lipinski definition) is 3. The van der Waals surface area contributed by atoms with E-state index in [0.717, 1.165) is 57.2 Å². The number of ether oxygens (including phenoxy) is 2. The summed E-state index contributed by atoms with van der Waals surface area (Å²) in [5.74, 6) is 1.75. The van der Waals surface area contributed by atoms with Crippen LogP contribution in [-0.2, 0) is 4.74 Å². The summed E-state index contributed by atoms with van der Waals surface area (Å²) in [5, 5.41) is 4.03. The lowest BCUT2D eigenvalue weighted by molar-refractivity contribution is 0.192. The Morgan fingerprint density at radius 3 is 2.52 bits per heavy atom. The van der Waals surface area contributed by atoms with Crippen molar-refractivity contribution in [3.05, 3.63) is 29.3 Å². The average Bonchev–Trinajstić information content (AvgIpc) is 2.58. The first-order valence-electron chi connectivity index (χ1n) is 8.54. The molecule has 144 valence electrons. The van der Waals surface area contributed by atoms with Gasteiger partial charge in [-0.25, -0.2) is 0 Å². The van der Waals surface area contributed by atoms with E-state index in [-0.39, 0.29) is 24.0 Å². The highest BCUT2D eigenvalue weighted by molar-refractivity contribution is 14.0. The standard InChI is InChI=1S/C18H30ClN3O2.HI/c1-4-20-18(21-12-6-5-7-14-23-3)22(2)13-15-24-17-10-8-16(19)9-11-17;/h8-11H,4-7,12-15H2,1-3H3,(H,20,21);1H. The van der Waals surface area contributed by atoms with E-state index < -0.39 is 0 Å². The van der Waals surface area contributed by atoms with Crippen molar-refractivity contribution < 1.29 is 9.47 Å². The minimum absolute atomic E-state index is 0. The van der Waals surface area contributed by atoms with Gasteiger partial charge in [0.15, 0.2) is 5.96 Å². The zero-order valence-electron chi connectivity index (χ0n) is 15.5. The number of unbranched alkanes of at least 4 members (excludes halogenated alkanes) is 2. The van der Waals surface area contributed by atoms with Crippen LogP contribution in [0.15, 0.2) is 29.3 Å². The van der Waals surface area contributed by atoms with Crippen molar-refractivity contribution in [3.8, 4) is 5.75 Å². The fourth-order valence-electron chi connectivity index (χ4n) is 2.13. The predicted octanol–water partition coefficient (Wildman–Crippen LogP) is 4.05. The quantitative estimate of drug-likeness (QED) is 0.223. The zero-order chi connectivity index (χ0) is 17.6. The largest absolute Gasteiger partial charge is 0.492 e. The smallest absolute Gasteiger partial charge is 0.193 e. The maximum Gasteiger partial charge on any atom is 0.193 e. The molecule has 0 saturated carbocycles. The second-order valence-electron chi connectivity index (χ2n) is 5.51. The van der Waals surface area contributed by atoms with Gasteiger partial charge in [0.2, 0.25) is 0 Å². The summed E-state index contributed by atoms with van der Waals surface area (Å²) in [6.07, 6.45) is 3.31. The van der Waals surface area contributed by atoms with Gasteiger partial charge in [0.25, 0.3) is 0 Å². The van der Waals surface area contributed by atoms with E-state index >= 15 is 0 Å². The van der Waals surface area contributed by atoms with Crippen molar-refractivity contribution >= 4 is 41.5 Å². The fourth-order valence-corrected chi connectivity index (χ4v) is 2.25. The molecule has 1 rings (SSSR count). The molecule has 0 bridgehead atoms.